The average molecular weight is 446 g/mol. The number of hydrogen-bond donors (Lipinski definition) is 1. The van der Waals surface area contributed by atoms with Crippen molar-refractivity contribution in [2.24, 2.45) is 0 Å². The van der Waals surface area contributed by atoms with E-state index in [1.165, 1.54) is 23.3 Å². The van der Waals surface area contributed by atoms with Gasteiger partial charge in [-0.2, -0.15) is 13.2 Å². The van der Waals surface area contributed by atoms with Crippen molar-refractivity contribution >= 4 is 11.5 Å². The van der Waals surface area contributed by atoms with E-state index in [0.29, 0.717) is 25.2 Å². The predicted molar refractivity (Wildman–Crippen MR) is 120 cm³/mol. The molecule has 0 spiro atoms. The molecule has 0 bridgehead atoms. The van der Waals surface area contributed by atoms with Crippen molar-refractivity contribution in [3.05, 3.63) is 64.7 Å². The van der Waals surface area contributed by atoms with Gasteiger partial charge in [-0.15, -0.1) is 0 Å². The second kappa shape index (κ2) is 10.0. The normalized spacial score (nSPS) is 17.7. The third kappa shape index (κ3) is 5.70. The highest BCUT2D eigenvalue weighted by molar-refractivity contribution is 5.96. The molecule has 2 aliphatic heterocycles. The fourth-order valence-corrected chi connectivity index (χ4v) is 4.56. The van der Waals surface area contributed by atoms with Crippen molar-refractivity contribution in [3.63, 3.8) is 0 Å². The monoisotopic (exact) mass is 445 g/mol. The van der Waals surface area contributed by atoms with Crippen molar-refractivity contribution in [2.45, 2.75) is 31.9 Å². The number of Topliss-reactive ketones (excluding diaryl/α,β-unsaturated/α-hetero) is 1. The van der Waals surface area contributed by atoms with Crippen LogP contribution in [0.2, 0.25) is 0 Å². The van der Waals surface area contributed by atoms with Crippen LogP contribution in [0.4, 0.5) is 18.9 Å². The Labute approximate surface area is 187 Å². The average Bonchev–Trinajstić information content (AvgIpc) is 3.04. The van der Waals surface area contributed by atoms with Gasteiger partial charge in [0.2, 0.25) is 0 Å². The van der Waals surface area contributed by atoms with Gasteiger partial charge < -0.3 is 10.2 Å². The first-order valence-electron chi connectivity index (χ1n) is 11.4. The maximum atomic E-state index is 13.0. The highest BCUT2D eigenvalue weighted by atomic mass is 19.4. The summed E-state index contributed by atoms with van der Waals surface area (Å²) in [5.74, 6) is 0.188. The van der Waals surface area contributed by atoms with Crippen LogP contribution in [0, 0.1) is 0 Å². The first-order valence-corrected chi connectivity index (χ1v) is 11.4. The number of halogens is 3. The quantitative estimate of drug-likeness (QED) is 0.677. The van der Waals surface area contributed by atoms with Crippen molar-refractivity contribution in [3.8, 4) is 0 Å². The van der Waals surface area contributed by atoms with Crippen LogP contribution in [0.15, 0.2) is 42.5 Å². The molecule has 4 rings (SSSR count). The maximum absolute atomic E-state index is 13.0. The van der Waals surface area contributed by atoms with Gasteiger partial charge in [0.25, 0.3) is 0 Å². The van der Waals surface area contributed by atoms with Gasteiger partial charge >= 0.3 is 6.18 Å². The molecule has 4 nitrogen and oxygen atoms in total. The number of carbonyl (C=O) groups is 1. The number of benzene rings is 2. The lowest BCUT2D eigenvalue weighted by molar-refractivity contribution is -0.137. The molecule has 1 fully saturated rings. The van der Waals surface area contributed by atoms with Crippen LogP contribution in [-0.4, -0.2) is 56.5 Å². The molecule has 7 heteroatoms. The number of piperazine rings is 1. The summed E-state index contributed by atoms with van der Waals surface area (Å²) in [5.41, 5.74) is 3.44. The fraction of sp³-hybridized carbons (Fsp3) is 0.480. The first-order chi connectivity index (χ1) is 15.4. The minimum absolute atomic E-state index is 0.188. The zero-order valence-electron chi connectivity index (χ0n) is 18.3. The van der Waals surface area contributed by atoms with E-state index in [2.05, 4.69) is 22.3 Å². The van der Waals surface area contributed by atoms with Crippen molar-refractivity contribution < 1.29 is 18.0 Å². The molecule has 2 aromatic rings. The molecule has 1 N–H and O–H groups in total. The van der Waals surface area contributed by atoms with Gasteiger partial charge in [0.15, 0.2) is 5.78 Å². The number of hydrogen-bond acceptors (Lipinski definition) is 4. The second-order valence-corrected chi connectivity index (χ2v) is 8.64. The Morgan fingerprint density at radius 1 is 0.938 bits per heavy atom. The Balaban J connectivity index is 1.23. The van der Waals surface area contributed by atoms with Crippen LogP contribution in [0.25, 0.3) is 0 Å². The predicted octanol–water partition coefficient (Wildman–Crippen LogP) is 4.18. The lowest BCUT2D eigenvalue weighted by atomic mass is 9.97. The minimum atomic E-state index is -4.32. The topological polar surface area (TPSA) is 35.6 Å². The molecule has 0 amide bonds. The summed E-state index contributed by atoms with van der Waals surface area (Å²) in [7, 11) is 0. The number of carbonyl (C=O) groups excluding carboxylic acids is 1. The van der Waals surface area contributed by atoms with Crippen LogP contribution in [0.5, 0.6) is 0 Å². The van der Waals surface area contributed by atoms with E-state index in [0.717, 1.165) is 63.6 Å². The van der Waals surface area contributed by atoms with Gasteiger partial charge in [-0.3, -0.25) is 9.69 Å². The largest absolute Gasteiger partial charge is 0.416 e. The summed E-state index contributed by atoms with van der Waals surface area (Å²) in [6, 6.07) is 11.7. The smallest absolute Gasteiger partial charge is 0.369 e. The van der Waals surface area contributed by atoms with Gasteiger partial charge in [-0.25, -0.2) is 0 Å². The summed E-state index contributed by atoms with van der Waals surface area (Å²) in [6.07, 6.45) is -1.03. The first kappa shape index (κ1) is 22.8. The molecule has 32 heavy (non-hydrogen) atoms. The highest BCUT2D eigenvalue weighted by Gasteiger charge is 2.31. The summed E-state index contributed by atoms with van der Waals surface area (Å²) in [4.78, 5) is 17.0. The standard InChI is InChI=1S/C25H30F3N3O/c26-25(27,28)22-3-1-4-23(18-22)31-15-13-30(14-16-31)12-2-5-24(32)21-7-6-19-8-10-29-11-9-20(19)17-21/h1,3-4,6-7,17-18,29H,2,5,8-16H2. The van der Waals surface area contributed by atoms with Crippen molar-refractivity contribution in [1.82, 2.24) is 10.2 Å². The maximum Gasteiger partial charge on any atom is 0.416 e. The van der Waals surface area contributed by atoms with E-state index >= 15 is 0 Å². The Bertz CT molecular complexity index is 936. The Morgan fingerprint density at radius 2 is 1.69 bits per heavy atom. The fourth-order valence-electron chi connectivity index (χ4n) is 4.56. The number of alkyl halides is 3. The number of nitrogens with zero attached hydrogens (tertiary/aromatic N) is 2. The Kier molecular flexibility index (Phi) is 7.16. The van der Waals surface area contributed by atoms with Crippen molar-refractivity contribution in [1.29, 1.82) is 0 Å². The second-order valence-electron chi connectivity index (χ2n) is 8.64. The van der Waals surface area contributed by atoms with Crippen LogP contribution in [0.3, 0.4) is 0 Å². The van der Waals surface area contributed by atoms with Gasteiger partial charge in [0.1, 0.15) is 0 Å². The van der Waals surface area contributed by atoms with Crippen LogP contribution >= 0.6 is 0 Å². The van der Waals surface area contributed by atoms with Gasteiger partial charge in [-0.1, -0.05) is 18.2 Å². The molecule has 0 radical (unpaired) electrons. The van der Waals surface area contributed by atoms with Gasteiger partial charge in [0, 0.05) is 43.9 Å². The van der Waals surface area contributed by atoms with Crippen molar-refractivity contribution in [2.75, 3.05) is 50.7 Å². The molecule has 2 heterocycles. The third-order valence-electron chi connectivity index (χ3n) is 6.46. The molecule has 0 aliphatic carbocycles. The van der Waals surface area contributed by atoms with Crippen LogP contribution in [-0.2, 0) is 19.0 Å². The summed E-state index contributed by atoms with van der Waals surface area (Å²) in [5, 5.41) is 3.39. The summed E-state index contributed by atoms with van der Waals surface area (Å²) >= 11 is 0. The van der Waals surface area contributed by atoms with E-state index < -0.39 is 11.7 Å². The lowest BCUT2D eigenvalue weighted by Gasteiger charge is -2.36. The van der Waals surface area contributed by atoms with Crippen LogP contribution < -0.4 is 10.2 Å². The minimum Gasteiger partial charge on any atom is -0.369 e. The molecule has 2 aliphatic rings. The molecule has 0 unspecified atom stereocenters. The van der Waals surface area contributed by atoms with E-state index in [-0.39, 0.29) is 5.78 Å². The molecular weight excluding hydrogens is 415 g/mol. The Morgan fingerprint density at radius 3 is 2.44 bits per heavy atom. The molecule has 172 valence electrons. The van der Waals surface area contributed by atoms with Gasteiger partial charge in [0.05, 0.1) is 5.56 Å². The number of nitrogens with one attached hydrogen (secondary N) is 1. The zero-order chi connectivity index (χ0) is 22.6. The van der Waals surface area contributed by atoms with Gasteiger partial charge in [-0.05, 0) is 74.3 Å². The van der Waals surface area contributed by atoms with E-state index in [9.17, 15) is 18.0 Å². The SMILES string of the molecule is O=C(CCCN1CCN(c2cccc(C(F)(F)F)c2)CC1)c1ccc2c(c1)CCNCC2. The zero-order valence-corrected chi connectivity index (χ0v) is 18.3. The van der Waals surface area contributed by atoms with Crippen LogP contribution in [0.1, 0.15) is 39.9 Å². The number of rotatable bonds is 6. The number of fused-ring (bicyclic) bond motifs is 1. The highest BCUT2D eigenvalue weighted by Crippen LogP contribution is 2.31. The van der Waals surface area contributed by atoms with E-state index in [1.54, 1.807) is 6.07 Å². The van der Waals surface area contributed by atoms with E-state index in [1.807, 2.05) is 11.0 Å². The Hall–Kier alpha value is -2.38. The molecule has 2 aromatic carbocycles. The molecular formula is C25H30F3N3O. The number of ketones is 1. The summed E-state index contributed by atoms with van der Waals surface area (Å²) < 4.78 is 38.9. The molecule has 1 saturated heterocycles. The summed E-state index contributed by atoms with van der Waals surface area (Å²) in [6.45, 7) is 5.73. The number of anilines is 1. The molecule has 0 saturated carbocycles. The molecule has 0 atom stereocenters. The third-order valence-corrected chi connectivity index (χ3v) is 6.46. The molecule has 0 aromatic heterocycles. The van der Waals surface area contributed by atoms with E-state index in [4.69, 9.17) is 0 Å². The lowest BCUT2D eigenvalue weighted by Crippen LogP contribution is -2.46.